The van der Waals surface area contributed by atoms with Crippen LogP contribution in [0.1, 0.15) is 18.1 Å². The molecule has 0 bridgehead atoms. The van der Waals surface area contributed by atoms with Crippen LogP contribution in [0.4, 0.5) is 4.39 Å². The Morgan fingerprint density at radius 2 is 1.95 bits per heavy atom. The van der Waals surface area contributed by atoms with Crippen molar-refractivity contribution in [2.75, 3.05) is 0 Å². The average molecular weight is 433 g/mol. The van der Waals surface area contributed by atoms with E-state index < -0.39 is 0 Å². The van der Waals surface area contributed by atoms with Crippen LogP contribution in [-0.4, -0.2) is 9.55 Å². The highest BCUT2D eigenvalue weighted by molar-refractivity contribution is 9.10. The second kappa shape index (κ2) is 5.71. The van der Waals surface area contributed by atoms with Crippen molar-refractivity contribution in [3.05, 3.63) is 57.0 Å². The van der Waals surface area contributed by atoms with Crippen molar-refractivity contribution < 1.29 is 4.39 Å². The molecule has 21 heavy (non-hydrogen) atoms. The number of fused-ring (bicyclic) bond motifs is 1. The molecule has 0 aliphatic heterocycles. The summed E-state index contributed by atoms with van der Waals surface area (Å²) in [4.78, 5) is 4.59. The fourth-order valence-corrected chi connectivity index (χ4v) is 3.27. The molecular weight excluding hydrogens is 422 g/mol. The van der Waals surface area contributed by atoms with Gasteiger partial charge >= 0.3 is 0 Å². The van der Waals surface area contributed by atoms with Gasteiger partial charge in [-0.15, -0.1) is 11.6 Å². The van der Waals surface area contributed by atoms with Crippen LogP contribution < -0.4 is 0 Å². The van der Waals surface area contributed by atoms with Gasteiger partial charge in [0.15, 0.2) is 0 Å². The third-order valence-electron chi connectivity index (χ3n) is 3.15. The Morgan fingerprint density at radius 3 is 2.62 bits per heavy atom. The molecule has 2 aromatic carbocycles. The fourth-order valence-electron chi connectivity index (χ4n) is 2.25. The molecule has 6 heteroatoms. The largest absolute Gasteiger partial charge is 0.294 e. The summed E-state index contributed by atoms with van der Waals surface area (Å²) >= 11 is 13.2. The van der Waals surface area contributed by atoms with Gasteiger partial charge in [-0.3, -0.25) is 4.57 Å². The molecule has 0 amide bonds. The summed E-state index contributed by atoms with van der Waals surface area (Å²) in [6.45, 7) is 1.87. The second-order valence-corrected chi connectivity index (χ2v) is 7.07. The maximum absolute atomic E-state index is 13.3. The molecule has 3 aromatic rings. The zero-order chi connectivity index (χ0) is 15.1. The van der Waals surface area contributed by atoms with Crippen LogP contribution in [0, 0.1) is 5.82 Å². The molecule has 0 spiro atoms. The molecule has 0 saturated carbocycles. The predicted octanol–water partition coefficient (Wildman–Crippen LogP) is 5.99. The second-order valence-electron chi connectivity index (χ2n) is 4.65. The molecule has 1 atom stereocenters. The summed E-state index contributed by atoms with van der Waals surface area (Å²) in [6, 6.07) is 10.4. The van der Waals surface area contributed by atoms with E-state index in [1.807, 2.05) is 29.7 Å². The standard InChI is InChI=1S/C15H10Br2ClFN2/c1-8(18)15-20-12-4-2-9(16)6-14(12)21(15)13-5-3-10(19)7-11(13)17/h2-8H,1H3. The summed E-state index contributed by atoms with van der Waals surface area (Å²) < 4.78 is 16.9. The van der Waals surface area contributed by atoms with E-state index >= 15 is 0 Å². The third kappa shape index (κ3) is 2.74. The van der Waals surface area contributed by atoms with Crippen molar-refractivity contribution in [3.8, 4) is 5.69 Å². The Bertz CT molecular complexity index is 830. The molecule has 0 N–H and O–H groups in total. The van der Waals surface area contributed by atoms with Crippen LogP contribution in [-0.2, 0) is 0 Å². The van der Waals surface area contributed by atoms with E-state index in [0.717, 1.165) is 27.0 Å². The van der Waals surface area contributed by atoms with Crippen molar-refractivity contribution in [1.29, 1.82) is 0 Å². The van der Waals surface area contributed by atoms with Crippen LogP contribution in [0.5, 0.6) is 0 Å². The number of aromatic nitrogens is 2. The molecule has 2 nitrogen and oxygen atoms in total. The fraction of sp³-hybridized carbons (Fsp3) is 0.133. The molecule has 1 heterocycles. The van der Waals surface area contributed by atoms with Crippen LogP contribution in [0.2, 0.25) is 0 Å². The van der Waals surface area contributed by atoms with E-state index in [0.29, 0.717) is 4.47 Å². The maximum atomic E-state index is 13.3. The van der Waals surface area contributed by atoms with Crippen LogP contribution in [0.15, 0.2) is 45.3 Å². The van der Waals surface area contributed by atoms with E-state index in [-0.39, 0.29) is 11.2 Å². The van der Waals surface area contributed by atoms with Crippen LogP contribution in [0.25, 0.3) is 16.7 Å². The average Bonchev–Trinajstić information content (AvgIpc) is 2.77. The van der Waals surface area contributed by atoms with Crippen molar-refractivity contribution in [2.45, 2.75) is 12.3 Å². The highest BCUT2D eigenvalue weighted by Gasteiger charge is 2.18. The van der Waals surface area contributed by atoms with Gasteiger partial charge in [0.2, 0.25) is 0 Å². The van der Waals surface area contributed by atoms with Gasteiger partial charge in [-0.1, -0.05) is 15.9 Å². The van der Waals surface area contributed by atoms with Crippen molar-refractivity contribution >= 4 is 54.5 Å². The van der Waals surface area contributed by atoms with Gasteiger partial charge in [-0.2, -0.15) is 0 Å². The minimum atomic E-state index is -0.295. The molecular formula is C15H10Br2ClFN2. The topological polar surface area (TPSA) is 17.8 Å². The van der Waals surface area contributed by atoms with Gasteiger partial charge in [-0.25, -0.2) is 9.37 Å². The first-order chi connectivity index (χ1) is 9.97. The Hall–Kier alpha value is -0.910. The van der Waals surface area contributed by atoms with Gasteiger partial charge in [-0.05, 0) is 59.3 Å². The zero-order valence-corrected chi connectivity index (χ0v) is 14.9. The van der Waals surface area contributed by atoms with E-state index in [4.69, 9.17) is 11.6 Å². The van der Waals surface area contributed by atoms with E-state index in [2.05, 4.69) is 36.8 Å². The lowest BCUT2D eigenvalue weighted by atomic mass is 10.2. The molecule has 1 unspecified atom stereocenters. The minimum Gasteiger partial charge on any atom is -0.294 e. The number of nitrogens with zero attached hydrogens (tertiary/aromatic N) is 2. The van der Waals surface area contributed by atoms with E-state index in [1.54, 1.807) is 6.07 Å². The number of imidazole rings is 1. The SMILES string of the molecule is CC(Cl)c1nc2ccc(Br)cc2n1-c1ccc(F)cc1Br. The number of halogens is 4. The summed E-state index contributed by atoms with van der Waals surface area (Å²) in [6.07, 6.45) is 0. The highest BCUT2D eigenvalue weighted by atomic mass is 79.9. The summed E-state index contributed by atoms with van der Waals surface area (Å²) in [7, 11) is 0. The number of hydrogen-bond acceptors (Lipinski definition) is 1. The molecule has 0 saturated heterocycles. The summed E-state index contributed by atoms with van der Waals surface area (Å²) in [5.41, 5.74) is 2.57. The quantitative estimate of drug-likeness (QED) is 0.455. The lowest BCUT2D eigenvalue weighted by molar-refractivity contribution is 0.626. The van der Waals surface area contributed by atoms with Crippen molar-refractivity contribution in [2.24, 2.45) is 0 Å². The summed E-state index contributed by atoms with van der Waals surface area (Å²) in [5.74, 6) is 0.425. The lowest BCUT2D eigenvalue weighted by Gasteiger charge is -2.12. The first-order valence-corrected chi connectivity index (χ1v) is 8.27. The molecule has 1 aromatic heterocycles. The Labute approximate surface area is 143 Å². The Balaban J connectivity index is 2.38. The smallest absolute Gasteiger partial charge is 0.132 e. The van der Waals surface area contributed by atoms with Crippen molar-refractivity contribution in [3.63, 3.8) is 0 Å². The van der Waals surface area contributed by atoms with E-state index in [1.165, 1.54) is 12.1 Å². The first kappa shape index (κ1) is 15.0. The third-order valence-corrected chi connectivity index (χ3v) is 4.47. The van der Waals surface area contributed by atoms with Crippen LogP contribution >= 0.6 is 43.5 Å². The summed E-state index contributed by atoms with van der Waals surface area (Å²) in [5, 5.41) is -0.270. The predicted molar refractivity (Wildman–Crippen MR) is 90.7 cm³/mol. The maximum Gasteiger partial charge on any atom is 0.132 e. The zero-order valence-electron chi connectivity index (χ0n) is 10.9. The molecule has 0 fully saturated rings. The first-order valence-electron chi connectivity index (χ1n) is 6.25. The van der Waals surface area contributed by atoms with E-state index in [9.17, 15) is 4.39 Å². The molecule has 0 aliphatic carbocycles. The van der Waals surface area contributed by atoms with Gasteiger partial charge < -0.3 is 0 Å². The minimum absolute atomic E-state index is 0.270. The van der Waals surface area contributed by atoms with Gasteiger partial charge in [0.25, 0.3) is 0 Å². The lowest BCUT2D eigenvalue weighted by Crippen LogP contribution is -2.03. The van der Waals surface area contributed by atoms with Gasteiger partial charge in [0.1, 0.15) is 11.6 Å². The Morgan fingerprint density at radius 1 is 1.19 bits per heavy atom. The monoisotopic (exact) mass is 430 g/mol. The van der Waals surface area contributed by atoms with Gasteiger partial charge in [0.05, 0.1) is 22.1 Å². The molecule has 3 rings (SSSR count). The van der Waals surface area contributed by atoms with Crippen LogP contribution in [0.3, 0.4) is 0 Å². The number of hydrogen-bond donors (Lipinski definition) is 0. The molecule has 108 valence electrons. The molecule has 0 aliphatic rings. The number of benzene rings is 2. The Kier molecular flexibility index (Phi) is 4.08. The number of alkyl halides is 1. The van der Waals surface area contributed by atoms with Gasteiger partial charge in [0, 0.05) is 8.95 Å². The highest BCUT2D eigenvalue weighted by Crippen LogP contribution is 2.33. The number of rotatable bonds is 2. The molecule has 0 radical (unpaired) electrons. The normalized spacial score (nSPS) is 12.8. The van der Waals surface area contributed by atoms with Crippen molar-refractivity contribution in [1.82, 2.24) is 9.55 Å².